The van der Waals surface area contributed by atoms with E-state index in [9.17, 15) is 9.59 Å². The number of thiocarbonyl (C=S) groups is 1. The molecule has 0 aromatic carbocycles. The van der Waals surface area contributed by atoms with Gasteiger partial charge in [0, 0.05) is 27.1 Å². The molecule has 1 atom stereocenters. The van der Waals surface area contributed by atoms with E-state index in [4.69, 9.17) is 18.0 Å². The molecule has 0 aromatic rings. The summed E-state index contributed by atoms with van der Waals surface area (Å²) in [6.07, 6.45) is 1.78. The van der Waals surface area contributed by atoms with Crippen LogP contribution in [0.15, 0.2) is 0 Å². The van der Waals surface area contributed by atoms with Crippen LogP contribution in [0, 0.1) is 5.92 Å². The van der Waals surface area contributed by atoms with Crippen LogP contribution >= 0.6 is 12.2 Å². The molecule has 0 bridgehead atoms. The van der Waals surface area contributed by atoms with Crippen molar-refractivity contribution in [1.29, 1.82) is 0 Å². The molecule has 1 unspecified atom stereocenters. The third-order valence-electron chi connectivity index (χ3n) is 2.55. The third-order valence-corrected chi connectivity index (χ3v) is 2.83. The Morgan fingerprint density at radius 2 is 2.06 bits per heavy atom. The molecule has 2 amide bonds. The van der Waals surface area contributed by atoms with Crippen molar-refractivity contribution in [2.45, 2.75) is 26.2 Å². The van der Waals surface area contributed by atoms with E-state index in [0.717, 1.165) is 6.42 Å². The highest BCUT2D eigenvalue weighted by Crippen LogP contribution is 2.10. The number of hydrogen-bond acceptors (Lipinski definition) is 3. The van der Waals surface area contributed by atoms with Crippen molar-refractivity contribution < 1.29 is 9.59 Å². The van der Waals surface area contributed by atoms with Crippen molar-refractivity contribution in [3.8, 4) is 0 Å². The zero-order valence-electron chi connectivity index (χ0n) is 10.7. The van der Waals surface area contributed by atoms with Gasteiger partial charge >= 0.3 is 0 Å². The Kier molecular flexibility index (Phi) is 7.45. The summed E-state index contributed by atoms with van der Waals surface area (Å²) in [5.74, 6) is -0.611. The van der Waals surface area contributed by atoms with Gasteiger partial charge in [0.25, 0.3) is 0 Å². The minimum Gasteiger partial charge on any atom is -0.393 e. The average Bonchev–Trinajstić information content (AvgIpc) is 2.31. The van der Waals surface area contributed by atoms with E-state index in [0.29, 0.717) is 13.0 Å². The van der Waals surface area contributed by atoms with Crippen molar-refractivity contribution in [3.63, 3.8) is 0 Å². The molecule has 5 nitrogen and oxygen atoms in total. The summed E-state index contributed by atoms with van der Waals surface area (Å²) in [6, 6.07) is 0. The molecule has 0 aliphatic carbocycles. The number of carbonyl (C=O) groups is 2. The van der Waals surface area contributed by atoms with Gasteiger partial charge in [0.15, 0.2) is 0 Å². The molecule has 6 heteroatoms. The van der Waals surface area contributed by atoms with Crippen LogP contribution in [0.5, 0.6) is 0 Å². The molecule has 0 radical (unpaired) electrons. The maximum Gasteiger partial charge on any atom is 0.232 e. The number of rotatable bonds is 7. The minimum absolute atomic E-state index is 0.0907. The van der Waals surface area contributed by atoms with Gasteiger partial charge in [-0.25, -0.2) is 0 Å². The first-order valence-electron chi connectivity index (χ1n) is 5.68. The molecule has 0 aromatic heterocycles. The second-order valence-electron chi connectivity index (χ2n) is 3.93. The molecular formula is C11H21N3O2S. The molecule has 0 aliphatic rings. The number of nitrogens with two attached hydrogens (primary N) is 1. The van der Waals surface area contributed by atoms with Gasteiger partial charge in [-0.3, -0.25) is 9.59 Å². The molecule has 0 spiro atoms. The Morgan fingerprint density at radius 1 is 1.47 bits per heavy atom. The molecule has 3 N–H and O–H groups in total. The molecule has 0 aliphatic heterocycles. The number of hydrogen-bond donors (Lipinski definition) is 2. The summed E-state index contributed by atoms with van der Waals surface area (Å²) < 4.78 is 0. The maximum atomic E-state index is 12.0. The number of carbonyl (C=O) groups excluding carboxylic acids is 2. The molecule has 0 saturated heterocycles. The lowest BCUT2D eigenvalue weighted by atomic mass is 10.0. The first-order chi connectivity index (χ1) is 7.93. The molecule has 0 heterocycles. The molecule has 0 fully saturated rings. The summed E-state index contributed by atoms with van der Waals surface area (Å²) in [4.78, 5) is 24.8. The van der Waals surface area contributed by atoms with Crippen molar-refractivity contribution in [3.05, 3.63) is 0 Å². The van der Waals surface area contributed by atoms with E-state index in [1.54, 1.807) is 14.1 Å². The van der Waals surface area contributed by atoms with Crippen molar-refractivity contribution in [2.75, 3.05) is 20.6 Å². The van der Waals surface area contributed by atoms with Gasteiger partial charge in [-0.05, 0) is 6.42 Å². The monoisotopic (exact) mass is 259 g/mol. The fraction of sp³-hybridized carbons (Fsp3) is 0.727. The Balaban J connectivity index is 4.34. The molecule has 0 saturated carbocycles. The molecular weight excluding hydrogens is 238 g/mol. The summed E-state index contributed by atoms with van der Waals surface area (Å²) in [5.41, 5.74) is 5.55. The van der Waals surface area contributed by atoms with Crippen LogP contribution in [0.1, 0.15) is 26.2 Å². The van der Waals surface area contributed by atoms with E-state index < -0.39 is 5.92 Å². The van der Waals surface area contributed by atoms with Crippen LogP contribution in [0.4, 0.5) is 0 Å². The van der Waals surface area contributed by atoms with Crippen LogP contribution < -0.4 is 11.1 Å². The van der Waals surface area contributed by atoms with E-state index in [1.165, 1.54) is 4.90 Å². The van der Waals surface area contributed by atoms with E-state index >= 15 is 0 Å². The Hall–Kier alpha value is -1.17. The SMILES string of the molecule is CCCC(C(=O)N(C)CCC(=O)NC)C(N)=S. The second-order valence-corrected chi connectivity index (χ2v) is 4.40. The standard InChI is InChI=1S/C11H21N3O2S/c1-4-5-8(10(12)17)11(16)14(3)7-6-9(15)13-2/h8H,4-7H2,1-3H3,(H2,12,17)(H,13,15). The number of amides is 2. The average molecular weight is 259 g/mol. The van der Waals surface area contributed by atoms with Gasteiger partial charge in [0.2, 0.25) is 11.8 Å². The Labute approximate surface area is 108 Å². The third kappa shape index (κ3) is 5.63. The van der Waals surface area contributed by atoms with Crippen LogP contribution in [-0.4, -0.2) is 42.3 Å². The van der Waals surface area contributed by atoms with Crippen molar-refractivity contribution in [1.82, 2.24) is 10.2 Å². The normalized spacial score (nSPS) is 11.7. The topological polar surface area (TPSA) is 75.4 Å². The first-order valence-corrected chi connectivity index (χ1v) is 6.09. The van der Waals surface area contributed by atoms with Crippen LogP contribution in [-0.2, 0) is 9.59 Å². The lowest BCUT2D eigenvalue weighted by Gasteiger charge is -2.22. The lowest BCUT2D eigenvalue weighted by molar-refractivity contribution is -0.132. The van der Waals surface area contributed by atoms with Gasteiger partial charge < -0.3 is 16.0 Å². The van der Waals surface area contributed by atoms with E-state index in [2.05, 4.69) is 5.32 Å². The summed E-state index contributed by atoms with van der Waals surface area (Å²) in [5, 5.41) is 2.51. The van der Waals surface area contributed by atoms with Gasteiger partial charge in [-0.1, -0.05) is 25.6 Å². The lowest BCUT2D eigenvalue weighted by Crippen LogP contribution is -2.40. The zero-order valence-corrected chi connectivity index (χ0v) is 11.5. The highest BCUT2D eigenvalue weighted by Gasteiger charge is 2.23. The van der Waals surface area contributed by atoms with Crippen LogP contribution in [0.2, 0.25) is 0 Å². The quantitative estimate of drug-likeness (QED) is 0.644. The van der Waals surface area contributed by atoms with Crippen molar-refractivity contribution >= 4 is 29.0 Å². The smallest absolute Gasteiger partial charge is 0.232 e. The van der Waals surface area contributed by atoms with Gasteiger partial charge in [0.1, 0.15) is 0 Å². The summed E-state index contributed by atoms with van der Waals surface area (Å²) >= 11 is 4.89. The Bertz CT molecular complexity index is 294. The predicted molar refractivity (Wildman–Crippen MR) is 71.5 cm³/mol. The predicted octanol–water partition coefficient (Wildman–Crippen LogP) is 0.283. The van der Waals surface area contributed by atoms with Gasteiger partial charge in [0.05, 0.1) is 10.9 Å². The van der Waals surface area contributed by atoms with E-state index in [-0.39, 0.29) is 23.2 Å². The Morgan fingerprint density at radius 3 is 2.47 bits per heavy atom. The van der Waals surface area contributed by atoms with E-state index in [1.807, 2.05) is 6.92 Å². The zero-order chi connectivity index (χ0) is 13.4. The highest BCUT2D eigenvalue weighted by molar-refractivity contribution is 7.80. The minimum atomic E-state index is -0.412. The first kappa shape index (κ1) is 15.8. The largest absolute Gasteiger partial charge is 0.393 e. The molecule has 17 heavy (non-hydrogen) atoms. The fourth-order valence-corrected chi connectivity index (χ4v) is 1.67. The maximum absolute atomic E-state index is 12.0. The highest BCUT2D eigenvalue weighted by atomic mass is 32.1. The molecule has 98 valence electrons. The summed E-state index contributed by atoms with van der Waals surface area (Å²) in [6.45, 7) is 2.35. The number of nitrogens with one attached hydrogen (secondary N) is 1. The van der Waals surface area contributed by atoms with Crippen molar-refractivity contribution in [2.24, 2.45) is 11.7 Å². The molecule has 0 rings (SSSR count). The number of nitrogens with zero attached hydrogens (tertiary/aromatic N) is 1. The second kappa shape index (κ2) is 8.00. The van der Waals surface area contributed by atoms with Crippen LogP contribution in [0.3, 0.4) is 0 Å². The summed E-state index contributed by atoms with van der Waals surface area (Å²) in [7, 11) is 3.23. The van der Waals surface area contributed by atoms with Crippen LogP contribution in [0.25, 0.3) is 0 Å². The fourth-order valence-electron chi connectivity index (χ4n) is 1.45. The van der Waals surface area contributed by atoms with Gasteiger partial charge in [-0.2, -0.15) is 0 Å². The van der Waals surface area contributed by atoms with Gasteiger partial charge in [-0.15, -0.1) is 0 Å².